The van der Waals surface area contributed by atoms with E-state index in [0.29, 0.717) is 29.7 Å². The van der Waals surface area contributed by atoms with Gasteiger partial charge in [-0.2, -0.15) is 5.26 Å². The van der Waals surface area contributed by atoms with Crippen molar-refractivity contribution in [3.05, 3.63) is 63.6 Å². The maximum absolute atomic E-state index is 13.0. The molecule has 1 atom stereocenters. The van der Waals surface area contributed by atoms with Crippen molar-refractivity contribution in [1.82, 2.24) is 4.98 Å². The van der Waals surface area contributed by atoms with Gasteiger partial charge in [0.2, 0.25) is 0 Å². The Kier molecular flexibility index (Phi) is 3.97. The van der Waals surface area contributed by atoms with Crippen molar-refractivity contribution >= 4 is 28.8 Å². The summed E-state index contributed by atoms with van der Waals surface area (Å²) in [7, 11) is 0. The molecule has 1 aliphatic carbocycles. The molecule has 5 nitrogen and oxygen atoms in total. The van der Waals surface area contributed by atoms with E-state index in [1.807, 2.05) is 38.1 Å². The third kappa shape index (κ3) is 2.77. The van der Waals surface area contributed by atoms with Crippen molar-refractivity contribution in [2.75, 3.05) is 5.32 Å². The molecule has 4 rings (SSSR count). The van der Waals surface area contributed by atoms with Crippen LogP contribution in [0.2, 0.25) is 5.15 Å². The topological polar surface area (TPSA) is 86.0 Å². The second kappa shape index (κ2) is 6.11. The number of pyridine rings is 1. The van der Waals surface area contributed by atoms with Crippen molar-refractivity contribution in [1.29, 1.82) is 5.26 Å². The molecule has 0 spiro atoms. The first kappa shape index (κ1) is 17.6. The SMILES string of the molecule is CC1(C)CC(=O)C([C@@H]2c3ccccc3Nc3c2cnc(Cl)c3C#N)=C(O)C1. The summed E-state index contributed by atoms with van der Waals surface area (Å²) >= 11 is 6.11. The van der Waals surface area contributed by atoms with Gasteiger partial charge in [0.05, 0.1) is 5.69 Å². The van der Waals surface area contributed by atoms with Crippen LogP contribution in [0.3, 0.4) is 0 Å². The van der Waals surface area contributed by atoms with Gasteiger partial charge in [-0.25, -0.2) is 4.98 Å². The number of Topliss-reactive ketones (excluding diaryl/α,β-unsaturated/α-hetero) is 1. The van der Waals surface area contributed by atoms with Crippen molar-refractivity contribution in [3.8, 4) is 6.07 Å². The van der Waals surface area contributed by atoms with Crippen LogP contribution in [0.25, 0.3) is 0 Å². The van der Waals surface area contributed by atoms with E-state index in [-0.39, 0.29) is 27.7 Å². The van der Waals surface area contributed by atoms with Crippen LogP contribution < -0.4 is 5.32 Å². The zero-order chi connectivity index (χ0) is 19.3. The summed E-state index contributed by atoms with van der Waals surface area (Å²) in [5, 5.41) is 23.7. The van der Waals surface area contributed by atoms with E-state index in [1.165, 1.54) is 0 Å². The Labute approximate surface area is 162 Å². The van der Waals surface area contributed by atoms with E-state index in [4.69, 9.17) is 11.6 Å². The molecule has 1 aromatic heterocycles. The highest BCUT2D eigenvalue weighted by atomic mass is 35.5. The van der Waals surface area contributed by atoms with Gasteiger partial charge in [0.15, 0.2) is 5.78 Å². The van der Waals surface area contributed by atoms with Gasteiger partial charge in [-0.15, -0.1) is 0 Å². The third-order valence-electron chi connectivity index (χ3n) is 5.20. The summed E-state index contributed by atoms with van der Waals surface area (Å²) in [4.78, 5) is 17.2. The molecule has 0 amide bonds. The number of aromatic nitrogens is 1. The standard InChI is InChI=1S/C21H18ClN3O2/c1-21(2)7-15(26)18(16(27)8-21)17-11-5-3-4-6-14(11)25-19-12(9-23)20(22)24-10-13(17)19/h3-6,10,17,25-26H,7-8H2,1-2H3/t17-/m1/s1. The molecular formula is C21H18ClN3O2. The number of anilines is 2. The van der Waals surface area contributed by atoms with Gasteiger partial charge >= 0.3 is 0 Å². The van der Waals surface area contributed by atoms with Crippen LogP contribution in [0.5, 0.6) is 0 Å². The van der Waals surface area contributed by atoms with Crippen LogP contribution in [-0.2, 0) is 4.79 Å². The fourth-order valence-electron chi connectivity index (χ4n) is 4.06. The molecule has 2 N–H and O–H groups in total. The van der Waals surface area contributed by atoms with Gasteiger partial charge in [-0.05, 0) is 17.0 Å². The number of benzene rings is 1. The maximum Gasteiger partial charge on any atom is 0.163 e. The average molecular weight is 380 g/mol. The van der Waals surface area contributed by atoms with Gasteiger partial charge in [0.1, 0.15) is 22.5 Å². The number of nitriles is 1. The Bertz CT molecular complexity index is 1050. The first-order valence-electron chi connectivity index (χ1n) is 8.72. The Morgan fingerprint density at radius 3 is 2.74 bits per heavy atom. The lowest BCUT2D eigenvalue weighted by Gasteiger charge is -2.36. The van der Waals surface area contributed by atoms with E-state index < -0.39 is 5.92 Å². The summed E-state index contributed by atoms with van der Waals surface area (Å²) in [6, 6.07) is 9.67. The number of ketones is 1. The second-order valence-electron chi connectivity index (χ2n) is 7.81. The fourth-order valence-corrected chi connectivity index (χ4v) is 4.25. The van der Waals surface area contributed by atoms with Crippen LogP contribution in [0.1, 0.15) is 49.3 Å². The van der Waals surface area contributed by atoms with Crippen LogP contribution in [0, 0.1) is 16.7 Å². The number of allylic oxidation sites excluding steroid dienone is 2. The molecule has 6 heteroatoms. The lowest BCUT2D eigenvalue weighted by molar-refractivity contribution is -0.118. The molecule has 27 heavy (non-hydrogen) atoms. The van der Waals surface area contributed by atoms with Crippen molar-refractivity contribution < 1.29 is 9.90 Å². The van der Waals surface area contributed by atoms with Crippen molar-refractivity contribution in [3.63, 3.8) is 0 Å². The molecule has 1 aliphatic heterocycles. The van der Waals surface area contributed by atoms with Crippen molar-refractivity contribution in [2.45, 2.75) is 32.6 Å². The zero-order valence-electron chi connectivity index (χ0n) is 15.0. The predicted molar refractivity (Wildman–Crippen MR) is 103 cm³/mol. The number of carbonyl (C=O) groups excluding carboxylic acids is 1. The van der Waals surface area contributed by atoms with Crippen LogP contribution in [0.4, 0.5) is 11.4 Å². The highest BCUT2D eigenvalue weighted by molar-refractivity contribution is 6.31. The Morgan fingerprint density at radius 1 is 1.30 bits per heavy atom. The molecule has 0 radical (unpaired) electrons. The minimum Gasteiger partial charge on any atom is -0.512 e. The fraction of sp³-hybridized carbons (Fsp3) is 0.286. The Balaban J connectivity index is 2.00. The monoisotopic (exact) mass is 379 g/mol. The highest BCUT2D eigenvalue weighted by Gasteiger charge is 2.40. The number of aliphatic hydroxyl groups is 1. The van der Waals surface area contributed by atoms with Crippen LogP contribution in [-0.4, -0.2) is 15.9 Å². The van der Waals surface area contributed by atoms with E-state index in [1.54, 1.807) is 6.20 Å². The summed E-state index contributed by atoms with van der Waals surface area (Å²) < 4.78 is 0. The van der Waals surface area contributed by atoms with Gasteiger partial charge in [0.25, 0.3) is 0 Å². The molecule has 0 saturated carbocycles. The number of hydrogen-bond donors (Lipinski definition) is 2. The molecule has 0 fully saturated rings. The molecular weight excluding hydrogens is 362 g/mol. The first-order valence-corrected chi connectivity index (χ1v) is 9.10. The van der Waals surface area contributed by atoms with E-state index in [9.17, 15) is 15.2 Å². The average Bonchev–Trinajstić information content (AvgIpc) is 2.59. The number of carbonyl (C=O) groups is 1. The molecule has 136 valence electrons. The van der Waals surface area contributed by atoms with Crippen molar-refractivity contribution in [2.24, 2.45) is 5.41 Å². The Hall–Kier alpha value is -2.84. The molecule has 1 aromatic carbocycles. The lowest BCUT2D eigenvalue weighted by atomic mass is 9.70. The van der Waals surface area contributed by atoms with E-state index in [2.05, 4.69) is 16.4 Å². The lowest BCUT2D eigenvalue weighted by Crippen LogP contribution is -2.30. The minimum atomic E-state index is -0.488. The molecule has 0 bridgehead atoms. The van der Waals surface area contributed by atoms with Crippen LogP contribution >= 0.6 is 11.6 Å². The number of nitrogens with zero attached hydrogens (tertiary/aromatic N) is 2. The molecule has 0 unspecified atom stereocenters. The van der Waals surface area contributed by atoms with E-state index >= 15 is 0 Å². The zero-order valence-corrected chi connectivity index (χ0v) is 15.8. The summed E-state index contributed by atoms with van der Waals surface area (Å²) in [5.74, 6) is -0.458. The maximum atomic E-state index is 13.0. The molecule has 0 saturated heterocycles. The van der Waals surface area contributed by atoms with E-state index in [0.717, 1.165) is 11.3 Å². The number of aliphatic hydroxyl groups excluding tert-OH is 1. The Morgan fingerprint density at radius 2 is 2.04 bits per heavy atom. The van der Waals surface area contributed by atoms with Gasteiger partial charge in [0, 0.05) is 41.8 Å². The molecule has 2 aromatic rings. The number of halogens is 1. The molecule has 2 aliphatic rings. The van der Waals surface area contributed by atoms with Gasteiger partial charge < -0.3 is 10.4 Å². The third-order valence-corrected chi connectivity index (χ3v) is 5.49. The first-order chi connectivity index (χ1) is 12.8. The van der Waals surface area contributed by atoms with Crippen LogP contribution in [0.15, 0.2) is 41.8 Å². The summed E-state index contributed by atoms with van der Waals surface area (Å²) in [6.07, 6.45) is 2.38. The molecule has 2 heterocycles. The number of rotatable bonds is 1. The largest absolute Gasteiger partial charge is 0.512 e. The quantitative estimate of drug-likeness (QED) is 0.681. The van der Waals surface area contributed by atoms with Gasteiger partial charge in [-0.1, -0.05) is 43.6 Å². The normalized spacial score (nSPS) is 20.4. The predicted octanol–water partition coefficient (Wildman–Crippen LogP) is 5.00. The number of nitrogens with one attached hydrogen (secondary N) is 1. The highest BCUT2D eigenvalue weighted by Crippen LogP contribution is 2.50. The minimum absolute atomic E-state index is 0.0788. The smallest absolute Gasteiger partial charge is 0.163 e. The second-order valence-corrected chi connectivity index (χ2v) is 8.17. The summed E-state index contributed by atoms with van der Waals surface area (Å²) in [5.41, 5.74) is 3.20. The number of para-hydroxylation sites is 1. The number of fused-ring (bicyclic) bond motifs is 2. The summed E-state index contributed by atoms with van der Waals surface area (Å²) in [6.45, 7) is 3.94. The van der Waals surface area contributed by atoms with Gasteiger partial charge in [-0.3, -0.25) is 4.79 Å². The number of hydrogen-bond acceptors (Lipinski definition) is 5.